The van der Waals surface area contributed by atoms with Crippen molar-refractivity contribution in [3.63, 3.8) is 0 Å². The van der Waals surface area contributed by atoms with Crippen molar-refractivity contribution in [1.29, 1.82) is 0 Å². The molecule has 3 nitrogen and oxygen atoms in total. The van der Waals surface area contributed by atoms with Gasteiger partial charge < -0.3 is 4.74 Å². The molecule has 1 aliphatic carbocycles. The van der Waals surface area contributed by atoms with Gasteiger partial charge in [0.15, 0.2) is 5.75 Å². The molecule has 1 heterocycles. The fourth-order valence-electron chi connectivity index (χ4n) is 2.71. The first-order valence-electron chi connectivity index (χ1n) is 7.38. The zero-order valence-electron chi connectivity index (χ0n) is 12.1. The third-order valence-electron chi connectivity index (χ3n) is 4.10. The molecule has 1 fully saturated rings. The van der Waals surface area contributed by atoms with E-state index in [2.05, 4.69) is 34.9 Å². The lowest BCUT2D eigenvalue weighted by Gasteiger charge is -2.30. The molecule has 0 aromatic carbocycles. The third kappa shape index (κ3) is 3.98. The van der Waals surface area contributed by atoms with E-state index in [1.807, 2.05) is 17.1 Å². The zero-order valence-corrected chi connectivity index (χ0v) is 13.7. The Bertz CT molecular complexity index is 381. The first-order valence-corrected chi connectivity index (χ1v) is 8.50. The highest BCUT2D eigenvalue weighted by Gasteiger charge is 2.30. The lowest BCUT2D eigenvalue weighted by atomic mass is 9.83. The summed E-state index contributed by atoms with van der Waals surface area (Å²) in [4.78, 5) is 0. The average Bonchev–Trinajstić information content (AvgIpc) is 2.76. The summed E-state index contributed by atoms with van der Waals surface area (Å²) in [7, 11) is 0. The average molecular weight is 329 g/mol. The highest BCUT2D eigenvalue weighted by atomic mass is 79.9. The minimum atomic E-state index is 0.316. The number of hydrogen-bond acceptors (Lipinski definition) is 2. The lowest BCUT2D eigenvalue weighted by Crippen LogP contribution is -2.29. The van der Waals surface area contributed by atoms with Crippen molar-refractivity contribution >= 4 is 15.9 Å². The van der Waals surface area contributed by atoms with Gasteiger partial charge in [0, 0.05) is 16.8 Å². The summed E-state index contributed by atoms with van der Waals surface area (Å²) in [5, 5.41) is 5.37. The number of ether oxygens (including phenoxy) is 1. The van der Waals surface area contributed by atoms with Gasteiger partial charge in [0.2, 0.25) is 0 Å². The van der Waals surface area contributed by atoms with Crippen LogP contribution in [-0.2, 0) is 0 Å². The second-order valence-corrected chi connectivity index (χ2v) is 6.65. The molecule has 2 rings (SSSR count). The Kier molecular flexibility index (Phi) is 5.31. The molecule has 0 atom stereocenters. The quantitative estimate of drug-likeness (QED) is 0.584. The Hall–Kier alpha value is -0.510. The van der Waals surface area contributed by atoms with Crippen molar-refractivity contribution in [3.8, 4) is 5.75 Å². The van der Waals surface area contributed by atoms with E-state index >= 15 is 0 Å². The predicted octanol–water partition coefficient (Wildman–Crippen LogP) is 4.58. The van der Waals surface area contributed by atoms with Gasteiger partial charge in [-0.05, 0) is 26.7 Å². The normalized spacial score (nSPS) is 19.4. The van der Waals surface area contributed by atoms with Crippen molar-refractivity contribution in [3.05, 3.63) is 12.4 Å². The van der Waals surface area contributed by atoms with Crippen LogP contribution in [0.3, 0.4) is 0 Å². The van der Waals surface area contributed by atoms with Gasteiger partial charge in [0.1, 0.15) is 0 Å². The molecule has 0 N–H and O–H groups in total. The summed E-state index contributed by atoms with van der Waals surface area (Å²) in [5.74, 6) is 0.901. The Morgan fingerprint density at radius 1 is 1.32 bits per heavy atom. The summed E-state index contributed by atoms with van der Waals surface area (Å²) in [6.07, 6.45) is 11.8. The fourth-order valence-corrected chi connectivity index (χ4v) is 3.43. The van der Waals surface area contributed by atoms with Crippen LogP contribution in [0.25, 0.3) is 0 Å². The fraction of sp³-hybridized carbons (Fsp3) is 0.800. The Morgan fingerprint density at radius 3 is 2.53 bits per heavy atom. The number of hydrogen-bond donors (Lipinski definition) is 0. The molecule has 0 radical (unpaired) electrons. The molecule has 0 unspecified atom stereocenters. The van der Waals surface area contributed by atoms with E-state index in [0.717, 1.165) is 17.7 Å². The molecular formula is C15H25BrN2O. The van der Waals surface area contributed by atoms with Crippen LogP contribution in [0.2, 0.25) is 0 Å². The standard InChI is InChI=1S/C15H25BrN2O/c1-13(2)18-10-14(9-17-18)19-12-15(11-16)7-5-3-4-6-8-15/h9-10,13H,3-8,11-12H2,1-2H3. The molecule has 1 aliphatic rings. The van der Waals surface area contributed by atoms with E-state index in [0.29, 0.717) is 11.5 Å². The molecule has 1 saturated carbocycles. The maximum atomic E-state index is 6.01. The SMILES string of the molecule is CC(C)n1cc(OCC2(CBr)CCCCCC2)cn1. The van der Waals surface area contributed by atoms with Crippen LogP contribution < -0.4 is 4.74 Å². The highest BCUT2D eigenvalue weighted by Crippen LogP contribution is 2.37. The number of rotatable bonds is 5. The maximum Gasteiger partial charge on any atom is 0.157 e. The zero-order chi connectivity index (χ0) is 13.7. The van der Waals surface area contributed by atoms with Crippen LogP contribution in [0.1, 0.15) is 58.4 Å². The van der Waals surface area contributed by atoms with E-state index in [1.54, 1.807) is 0 Å². The molecule has 1 aromatic heterocycles. The van der Waals surface area contributed by atoms with Gasteiger partial charge in [-0.1, -0.05) is 41.6 Å². The molecule has 108 valence electrons. The van der Waals surface area contributed by atoms with E-state index < -0.39 is 0 Å². The first-order chi connectivity index (χ1) is 9.15. The topological polar surface area (TPSA) is 27.1 Å². The molecule has 0 aliphatic heterocycles. The summed E-state index contributed by atoms with van der Waals surface area (Å²) in [5.41, 5.74) is 0.316. The molecule has 0 amide bonds. The lowest BCUT2D eigenvalue weighted by molar-refractivity contribution is 0.149. The molecule has 0 bridgehead atoms. The van der Waals surface area contributed by atoms with Crippen LogP contribution in [0.15, 0.2) is 12.4 Å². The van der Waals surface area contributed by atoms with Crippen molar-refractivity contribution in [2.45, 2.75) is 58.4 Å². The summed E-state index contributed by atoms with van der Waals surface area (Å²) >= 11 is 3.70. The molecule has 1 aromatic rings. The van der Waals surface area contributed by atoms with Crippen LogP contribution in [0, 0.1) is 5.41 Å². The van der Waals surface area contributed by atoms with Crippen molar-refractivity contribution in [1.82, 2.24) is 9.78 Å². The largest absolute Gasteiger partial charge is 0.490 e. The highest BCUT2D eigenvalue weighted by molar-refractivity contribution is 9.09. The second-order valence-electron chi connectivity index (χ2n) is 6.09. The molecule has 4 heteroatoms. The number of halogens is 1. The smallest absolute Gasteiger partial charge is 0.157 e. The minimum Gasteiger partial charge on any atom is -0.490 e. The van der Waals surface area contributed by atoms with Crippen LogP contribution in [-0.4, -0.2) is 21.7 Å². The van der Waals surface area contributed by atoms with E-state index in [9.17, 15) is 0 Å². The van der Waals surface area contributed by atoms with Gasteiger partial charge >= 0.3 is 0 Å². The molecular weight excluding hydrogens is 304 g/mol. The van der Waals surface area contributed by atoms with Crippen molar-refractivity contribution in [2.75, 3.05) is 11.9 Å². The monoisotopic (exact) mass is 328 g/mol. The first kappa shape index (κ1) is 14.9. The number of alkyl halides is 1. The molecule has 0 saturated heterocycles. The predicted molar refractivity (Wildman–Crippen MR) is 82.0 cm³/mol. The molecule has 0 spiro atoms. The van der Waals surface area contributed by atoms with Crippen molar-refractivity contribution < 1.29 is 4.74 Å². The molecule has 19 heavy (non-hydrogen) atoms. The number of aromatic nitrogens is 2. The van der Waals surface area contributed by atoms with E-state index in [-0.39, 0.29) is 0 Å². The second kappa shape index (κ2) is 6.78. The number of nitrogens with zero attached hydrogens (tertiary/aromatic N) is 2. The summed E-state index contributed by atoms with van der Waals surface area (Å²) in [6, 6.07) is 0.389. The Labute approximate surface area is 124 Å². The van der Waals surface area contributed by atoms with Crippen molar-refractivity contribution in [2.24, 2.45) is 5.41 Å². The van der Waals surface area contributed by atoms with Gasteiger partial charge in [-0.2, -0.15) is 5.10 Å². The maximum absolute atomic E-state index is 6.01. The summed E-state index contributed by atoms with van der Waals surface area (Å²) < 4.78 is 7.96. The van der Waals surface area contributed by atoms with Gasteiger partial charge in [-0.15, -0.1) is 0 Å². The third-order valence-corrected chi connectivity index (χ3v) is 5.29. The Morgan fingerprint density at radius 2 is 2.00 bits per heavy atom. The van der Waals surface area contributed by atoms with E-state index in [4.69, 9.17) is 4.74 Å². The van der Waals surface area contributed by atoms with Gasteiger partial charge in [0.25, 0.3) is 0 Å². The minimum absolute atomic E-state index is 0.316. The van der Waals surface area contributed by atoms with Crippen LogP contribution in [0.5, 0.6) is 5.75 Å². The summed E-state index contributed by atoms with van der Waals surface area (Å²) in [6.45, 7) is 5.06. The van der Waals surface area contributed by atoms with Gasteiger partial charge in [-0.25, -0.2) is 0 Å². The van der Waals surface area contributed by atoms with Crippen LogP contribution >= 0.6 is 15.9 Å². The van der Waals surface area contributed by atoms with E-state index in [1.165, 1.54) is 38.5 Å². The van der Waals surface area contributed by atoms with Gasteiger partial charge in [0.05, 0.1) is 19.0 Å². The van der Waals surface area contributed by atoms with Crippen LogP contribution in [0.4, 0.5) is 0 Å². The Balaban J connectivity index is 1.94. The van der Waals surface area contributed by atoms with Gasteiger partial charge in [-0.3, -0.25) is 4.68 Å².